The molecular formula is C21H20N2O5. The number of phenols is 1. The van der Waals surface area contributed by atoms with E-state index in [9.17, 15) is 20.0 Å². The monoisotopic (exact) mass is 380 g/mol. The lowest BCUT2D eigenvalue weighted by atomic mass is 10.0. The van der Waals surface area contributed by atoms with Crippen molar-refractivity contribution >= 4 is 17.6 Å². The summed E-state index contributed by atoms with van der Waals surface area (Å²) in [5.74, 6) is -1.56. The Morgan fingerprint density at radius 3 is 2.57 bits per heavy atom. The van der Waals surface area contributed by atoms with Gasteiger partial charge < -0.3 is 20.3 Å². The van der Waals surface area contributed by atoms with E-state index in [2.05, 4.69) is 11.4 Å². The zero-order valence-electron chi connectivity index (χ0n) is 15.6. The van der Waals surface area contributed by atoms with Crippen molar-refractivity contribution in [1.82, 2.24) is 0 Å². The first-order valence-corrected chi connectivity index (χ1v) is 8.95. The molecule has 2 aromatic carbocycles. The number of aromatic hydroxyl groups is 1. The van der Waals surface area contributed by atoms with E-state index >= 15 is 0 Å². The standard InChI is InChI=1S/C21H20N2O5/c1-11(2)16-9-13(6-7-18(16)24)28-19-12(10-22)8-17(23-20(25)21(26)27)14-4-3-5-15(14)19/h6-9,11,24H,3-5H2,1-2H3,(H,23,25)(H,26,27). The third-order valence-corrected chi connectivity index (χ3v) is 4.75. The summed E-state index contributed by atoms with van der Waals surface area (Å²) in [4.78, 5) is 22.4. The van der Waals surface area contributed by atoms with Crippen molar-refractivity contribution in [1.29, 1.82) is 5.26 Å². The lowest BCUT2D eigenvalue weighted by molar-refractivity contribution is -0.147. The number of carboxylic acid groups (broad SMARTS) is 1. The second-order valence-electron chi connectivity index (χ2n) is 6.96. The quantitative estimate of drug-likeness (QED) is 0.696. The molecule has 0 unspecified atom stereocenters. The van der Waals surface area contributed by atoms with E-state index in [1.165, 1.54) is 6.07 Å². The number of amides is 1. The summed E-state index contributed by atoms with van der Waals surface area (Å²) < 4.78 is 6.03. The number of carbonyl (C=O) groups is 2. The molecule has 0 aliphatic heterocycles. The zero-order valence-corrected chi connectivity index (χ0v) is 15.6. The van der Waals surface area contributed by atoms with Gasteiger partial charge in [-0.25, -0.2) is 4.79 Å². The number of carbonyl (C=O) groups excluding carboxylic acids is 1. The minimum Gasteiger partial charge on any atom is -0.508 e. The van der Waals surface area contributed by atoms with E-state index < -0.39 is 11.9 Å². The van der Waals surface area contributed by atoms with Crippen molar-refractivity contribution < 1.29 is 24.5 Å². The molecule has 3 rings (SSSR count). The highest BCUT2D eigenvalue weighted by Crippen LogP contribution is 2.41. The molecule has 0 spiro atoms. The molecule has 1 amide bonds. The van der Waals surface area contributed by atoms with E-state index in [-0.39, 0.29) is 17.2 Å². The summed E-state index contributed by atoms with van der Waals surface area (Å²) in [5, 5.41) is 30.8. The molecule has 2 aromatic rings. The number of nitriles is 1. The minimum absolute atomic E-state index is 0.0957. The second-order valence-corrected chi connectivity index (χ2v) is 6.96. The molecule has 3 N–H and O–H groups in total. The maximum Gasteiger partial charge on any atom is 0.394 e. The van der Waals surface area contributed by atoms with Crippen molar-refractivity contribution in [3.8, 4) is 23.3 Å². The first-order chi connectivity index (χ1) is 13.3. The fourth-order valence-corrected chi connectivity index (χ4v) is 3.41. The van der Waals surface area contributed by atoms with Crippen molar-refractivity contribution in [2.45, 2.75) is 39.0 Å². The lowest BCUT2D eigenvalue weighted by Crippen LogP contribution is -2.22. The third kappa shape index (κ3) is 3.62. The average Bonchev–Trinajstić information content (AvgIpc) is 3.14. The van der Waals surface area contributed by atoms with Crippen LogP contribution in [-0.2, 0) is 22.4 Å². The Morgan fingerprint density at radius 2 is 1.93 bits per heavy atom. The number of rotatable bonds is 4. The molecule has 0 saturated carbocycles. The topological polar surface area (TPSA) is 120 Å². The summed E-state index contributed by atoms with van der Waals surface area (Å²) in [5.41, 5.74) is 2.85. The van der Waals surface area contributed by atoms with Gasteiger partial charge in [0, 0.05) is 16.8 Å². The van der Waals surface area contributed by atoms with Crippen LogP contribution < -0.4 is 10.1 Å². The normalized spacial score (nSPS) is 12.4. The smallest absolute Gasteiger partial charge is 0.394 e. The Labute approximate surface area is 162 Å². The van der Waals surface area contributed by atoms with Crippen LogP contribution in [0.1, 0.15) is 48.4 Å². The zero-order chi connectivity index (χ0) is 20.4. The number of nitrogens with one attached hydrogen (secondary N) is 1. The molecule has 0 saturated heterocycles. The molecule has 0 radical (unpaired) electrons. The fourth-order valence-electron chi connectivity index (χ4n) is 3.41. The number of anilines is 1. The third-order valence-electron chi connectivity index (χ3n) is 4.75. The molecule has 0 atom stereocenters. The number of hydrogen-bond acceptors (Lipinski definition) is 5. The van der Waals surface area contributed by atoms with Crippen molar-refractivity contribution in [2.75, 3.05) is 5.32 Å². The van der Waals surface area contributed by atoms with Crippen LogP contribution >= 0.6 is 0 Å². The molecule has 7 heteroatoms. The van der Waals surface area contributed by atoms with Gasteiger partial charge in [0.15, 0.2) is 0 Å². The Morgan fingerprint density at radius 1 is 1.21 bits per heavy atom. The van der Waals surface area contributed by atoms with Gasteiger partial charge in [0.2, 0.25) is 0 Å². The van der Waals surface area contributed by atoms with E-state index in [1.807, 2.05) is 13.8 Å². The Hall–Kier alpha value is -3.53. The van der Waals surface area contributed by atoms with Crippen LogP contribution in [0.4, 0.5) is 5.69 Å². The maximum atomic E-state index is 11.6. The molecule has 0 bridgehead atoms. The number of aliphatic carboxylic acids is 1. The highest BCUT2D eigenvalue weighted by molar-refractivity contribution is 6.36. The fraction of sp³-hybridized carbons (Fsp3) is 0.286. The molecule has 7 nitrogen and oxygen atoms in total. The second kappa shape index (κ2) is 7.61. The molecule has 1 aliphatic rings. The molecule has 1 aliphatic carbocycles. The Balaban J connectivity index is 2.04. The molecule has 0 heterocycles. The van der Waals surface area contributed by atoms with Crippen LogP contribution in [0.3, 0.4) is 0 Å². The highest BCUT2D eigenvalue weighted by atomic mass is 16.5. The molecular weight excluding hydrogens is 360 g/mol. The van der Waals surface area contributed by atoms with Gasteiger partial charge in [-0.2, -0.15) is 5.26 Å². The number of carboxylic acids is 1. The summed E-state index contributed by atoms with van der Waals surface area (Å²) in [7, 11) is 0. The van der Waals surface area contributed by atoms with Crippen molar-refractivity contribution in [3.63, 3.8) is 0 Å². The highest BCUT2D eigenvalue weighted by Gasteiger charge is 2.26. The van der Waals surface area contributed by atoms with Crippen LogP contribution in [0, 0.1) is 11.3 Å². The van der Waals surface area contributed by atoms with Crippen LogP contribution in [0.25, 0.3) is 0 Å². The van der Waals surface area contributed by atoms with Crippen LogP contribution in [-0.4, -0.2) is 22.1 Å². The Bertz CT molecular complexity index is 1000. The SMILES string of the molecule is CC(C)c1cc(Oc2c(C#N)cc(NC(=O)C(=O)O)c3c2CCC3)ccc1O. The Kier molecular flexibility index (Phi) is 5.23. The van der Waals surface area contributed by atoms with Gasteiger partial charge in [-0.15, -0.1) is 0 Å². The van der Waals surface area contributed by atoms with E-state index in [1.54, 1.807) is 18.2 Å². The van der Waals surface area contributed by atoms with Gasteiger partial charge in [0.25, 0.3) is 0 Å². The van der Waals surface area contributed by atoms with E-state index in [0.29, 0.717) is 30.0 Å². The van der Waals surface area contributed by atoms with Crippen molar-refractivity contribution in [2.24, 2.45) is 0 Å². The number of fused-ring (bicyclic) bond motifs is 1. The number of phenolic OH excluding ortho intramolecular Hbond substituents is 1. The number of benzene rings is 2. The van der Waals surface area contributed by atoms with Crippen LogP contribution in [0.5, 0.6) is 17.2 Å². The van der Waals surface area contributed by atoms with Gasteiger partial charge in [0.05, 0.1) is 5.56 Å². The minimum atomic E-state index is -1.59. The molecule has 0 fully saturated rings. The summed E-state index contributed by atoms with van der Waals surface area (Å²) in [6.45, 7) is 3.91. The first-order valence-electron chi connectivity index (χ1n) is 8.95. The van der Waals surface area contributed by atoms with Gasteiger partial charge in [-0.05, 0) is 55.0 Å². The molecule has 0 aromatic heterocycles. The summed E-state index contributed by atoms with van der Waals surface area (Å²) >= 11 is 0. The summed E-state index contributed by atoms with van der Waals surface area (Å²) in [6.07, 6.45) is 2.12. The van der Waals surface area contributed by atoms with E-state index in [4.69, 9.17) is 9.84 Å². The number of hydrogen-bond donors (Lipinski definition) is 3. The largest absolute Gasteiger partial charge is 0.508 e. The predicted octanol–water partition coefficient (Wildman–Crippen LogP) is 3.69. The van der Waals surface area contributed by atoms with Gasteiger partial charge >= 0.3 is 11.9 Å². The summed E-state index contributed by atoms with van der Waals surface area (Å²) in [6, 6.07) is 8.43. The lowest BCUT2D eigenvalue weighted by Gasteiger charge is -2.17. The predicted molar refractivity (Wildman–Crippen MR) is 102 cm³/mol. The van der Waals surface area contributed by atoms with E-state index in [0.717, 1.165) is 23.1 Å². The number of nitrogens with zero attached hydrogens (tertiary/aromatic N) is 1. The maximum absolute atomic E-state index is 11.6. The van der Waals surface area contributed by atoms with Crippen LogP contribution in [0.2, 0.25) is 0 Å². The molecule has 144 valence electrons. The van der Waals surface area contributed by atoms with Crippen LogP contribution in [0.15, 0.2) is 24.3 Å². The number of ether oxygens (including phenoxy) is 1. The van der Waals surface area contributed by atoms with Gasteiger partial charge in [-0.3, -0.25) is 4.79 Å². The van der Waals surface area contributed by atoms with Crippen molar-refractivity contribution in [3.05, 3.63) is 46.5 Å². The average molecular weight is 380 g/mol. The molecule has 28 heavy (non-hydrogen) atoms. The van der Waals surface area contributed by atoms with Gasteiger partial charge in [0.1, 0.15) is 23.3 Å². The first kappa shape index (κ1) is 19.2. The van der Waals surface area contributed by atoms with Gasteiger partial charge in [-0.1, -0.05) is 13.8 Å².